The van der Waals surface area contributed by atoms with Crippen LogP contribution >= 0.6 is 22.6 Å². The first kappa shape index (κ1) is 13.0. The van der Waals surface area contributed by atoms with Crippen LogP contribution in [0.2, 0.25) is 0 Å². The molecule has 2 nitrogen and oxygen atoms in total. The van der Waals surface area contributed by atoms with Crippen LogP contribution < -0.4 is 5.73 Å². The van der Waals surface area contributed by atoms with Gasteiger partial charge in [-0.2, -0.15) is 0 Å². The summed E-state index contributed by atoms with van der Waals surface area (Å²) in [5.74, 6) is 0.295. The van der Waals surface area contributed by atoms with Crippen molar-refractivity contribution in [1.29, 1.82) is 0 Å². The fourth-order valence-electron chi connectivity index (χ4n) is 2.53. The minimum absolute atomic E-state index is 0.0406. The summed E-state index contributed by atoms with van der Waals surface area (Å²) in [5.41, 5.74) is 6.86. The molecule has 0 aromatic heterocycles. The Morgan fingerprint density at radius 1 is 1.47 bits per heavy atom. The van der Waals surface area contributed by atoms with Crippen molar-refractivity contribution in [3.8, 4) is 0 Å². The molecule has 0 bridgehead atoms. The van der Waals surface area contributed by atoms with Crippen LogP contribution in [0.4, 0.5) is 0 Å². The normalized spacial score (nSPS) is 28.3. The highest BCUT2D eigenvalue weighted by Gasteiger charge is 2.42. The van der Waals surface area contributed by atoms with Gasteiger partial charge in [0.1, 0.15) is 5.78 Å². The van der Waals surface area contributed by atoms with Crippen LogP contribution in [0.5, 0.6) is 0 Å². The van der Waals surface area contributed by atoms with Crippen molar-refractivity contribution in [2.45, 2.75) is 38.6 Å². The van der Waals surface area contributed by atoms with Crippen molar-refractivity contribution >= 4 is 28.4 Å². The largest absolute Gasteiger partial charge is 0.327 e. The zero-order valence-corrected chi connectivity index (χ0v) is 12.2. The first-order valence-corrected chi connectivity index (χ1v) is 7.13. The molecule has 1 aromatic carbocycles. The molecule has 0 heterocycles. The topological polar surface area (TPSA) is 43.1 Å². The third-order valence-electron chi connectivity index (χ3n) is 3.94. The number of carbonyl (C=O) groups is 1. The van der Waals surface area contributed by atoms with Gasteiger partial charge in [0, 0.05) is 21.4 Å². The van der Waals surface area contributed by atoms with E-state index in [1.807, 2.05) is 31.2 Å². The molecule has 0 amide bonds. The highest BCUT2D eigenvalue weighted by Crippen LogP contribution is 2.38. The van der Waals surface area contributed by atoms with Crippen LogP contribution in [0.25, 0.3) is 0 Å². The average molecular weight is 343 g/mol. The van der Waals surface area contributed by atoms with Gasteiger partial charge in [-0.25, -0.2) is 0 Å². The molecule has 0 saturated heterocycles. The van der Waals surface area contributed by atoms with Crippen LogP contribution in [0.1, 0.15) is 31.7 Å². The number of Topliss-reactive ketones (excluding diaryl/α,β-unsaturated/α-hetero) is 1. The van der Waals surface area contributed by atoms with Gasteiger partial charge >= 0.3 is 0 Å². The molecule has 1 fully saturated rings. The molecule has 0 spiro atoms. The highest BCUT2D eigenvalue weighted by atomic mass is 127. The number of benzene rings is 1. The van der Waals surface area contributed by atoms with Crippen molar-refractivity contribution in [1.82, 2.24) is 0 Å². The summed E-state index contributed by atoms with van der Waals surface area (Å²) >= 11 is 2.27. The van der Waals surface area contributed by atoms with E-state index in [4.69, 9.17) is 5.73 Å². The van der Waals surface area contributed by atoms with E-state index >= 15 is 0 Å². The van der Waals surface area contributed by atoms with Crippen molar-refractivity contribution in [3.63, 3.8) is 0 Å². The summed E-state index contributed by atoms with van der Waals surface area (Å²) in [6, 6.07) is 8.19. The van der Waals surface area contributed by atoms with E-state index in [0.717, 1.165) is 24.8 Å². The second-order valence-electron chi connectivity index (χ2n) is 5.14. The summed E-state index contributed by atoms with van der Waals surface area (Å²) < 4.78 is 1.20. The van der Waals surface area contributed by atoms with E-state index in [1.54, 1.807) is 0 Å². The maximum Gasteiger partial charge on any atom is 0.144 e. The number of hydrogen-bond acceptors (Lipinski definition) is 2. The third kappa shape index (κ3) is 2.71. The minimum atomic E-state index is -0.303. The maximum atomic E-state index is 12.3. The summed E-state index contributed by atoms with van der Waals surface area (Å²) in [6.07, 6.45) is 3.52. The van der Waals surface area contributed by atoms with Gasteiger partial charge in [-0.3, -0.25) is 4.79 Å². The molecule has 17 heavy (non-hydrogen) atoms. The van der Waals surface area contributed by atoms with Gasteiger partial charge in [0.15, 0.2) is 0 Å². The minimum Gasteiger partial charge on any atom is -0.327 e. The van der Waals surface area contributed by atoms with Crippen LogP contribution in [-0.2, 0) is 11.2 Å². The van der Waals surface area contributed by atoms with Crippen molar-refractivity contribution in [2.24, 2.45) is 11.1 Å². The molecule has 1 aromatic rings. The third-order valence-corrected chi connectivity index (χ3v) is 4.66. The molecular formula is C14H18INO. The molecule has 2 rings (SSSR count). The fraction of sp³-hybridized carbons (Fsp3) is 0.500. The Balaban J connectivity index is 2.09. The van der Waals surface area contributed by atoms with Gasteiger partial charge in [-0.15, -0.1) is 0 Å². The van der Waals surface area contributed by atoms with Crippen LogP contribution in [0, 0.1) is 8.99 Å². The maximum absolute atomic E-state index is 12.3. The van der Waals surface area contributed by atoms with E-state index in [-0.39, 0.29) is 11.5 Å². The standard InChI is InChI=1S/C14H18INO/c1-14(8-2-3-12(14)16)13(17)9-10-4-6-11(15)7-5-10/h4-7,12H,2-3,8-9,16H2,1H3. The zero-order valence-electron chi connectivity index (χ0n) is 10.1. The smallest absolute Gasteiger partial charge is 0.144 e. The Labute approximate surface area is 116 Å². The summed E-state index contributed by atoms with van der Waals surface area (Å²) in [4.78, 5) is 12.3. The lowest BCUT2D eigenvalue weighted by Crippen LogP contribution is -2.41. The lowest BCUT2D eigenvalue weighted by Gasteiger charge is -2.27. The molecule has 0 radical (unpaired) electrons. The Bertz CT molecular complexity index is 415. The average Bonchev–Trinajstić information content (AvgIpc) is 2.64. The first-order valence-electron chi connectivity index (χ1n) is 6.06. The predicted molar refractivity (Wildman–Crippen MR) is 77.8 cm³/mol. The molecule has 1 aliphatic rings. The number of nitrogens with two attached hydrogens (primary N) is 1. The van der Waals surface area contributed by atoms with E-state index in [0.29, 0.717) is 12.2 Å². The number of rotatable bonds is 3. The molecule has 92 valence electrons. The van der Waals surface area contributed by atoms with Crippen molar-refractivity contribution in [2.75, 3.05) is 0 Å². The Hall–Kier alpha value is -0.420. The van der Waals surface area contributed by atoms with Gasteiger partial charge in [-0.1, -0.05) is 25.5 Å². The lowest BCUT2D eigenvalue weighted by atomic mass is 9.78. The first-order chi connectivity index (χ1) is 8.02. The SMILES string of the molecule is CC1(C(=O)Cc2ccc(I)cc2)CCCC1N. The number of carbonyl (C=O) groups excluding carboxylic acids is 1. The number of halogens is 1. The van der Waals surface area contributed by atoms with Gasteiger partial charge in [0.2, 0.25) is 0 Å². The van der Waals surface area contributed by atoms with Gasteiger partial charge in [0.05, 0.1) is 0 Å². The summed E-state index contributed by atoms with van der Waals surface area (Å²) in [5, 5.41) is 0. The van der Waals surface area contributed by atoms with E-state index < -0.39 is 0 Å². The second kappa shape index (κ2) is 5.06. The van der Waals surface area contributed by atoms with Gasteiger partial charge in [-0.05, 0) is 53.1 Å². The van der Waals surface area contributed by atoms with Crippen LogP contribution in [-0.4, -0.2) is 11.8 Å². The molecule has 3 heteroatoms. The number of hydrogen-bond donors (Lipinski definition) is 1. The van der Waals surface area contributed by atoms with Gasteiger partial charge in [0.25, 0.3) is 0 Å². The predicted octanol–water partition coefficient (Wildman–Crippen LogP) is 2.92. The van der Waals surface area contributed by atoms with Crippen LogP contribution in [0.3, 0.4) is 0 Å². The highest BCUT2D eigenvalue weighted by molar-refractivity contribution is 14.1. The Morgan fingerprint density at radius 2 is 2.12 bits per heavy atom. The van der Waals surface area contributed by atoms with E-state index in [2.05, 4.69) is 22.6 Å². The Kier molecular flexibility index (Phi) is 3.88. The molecule has 2 atom stereocenters. The lowest BCUT2D eigenvalue weighted by molar-refractivity contribution is -0.127. The van der Waals surface area contributed by atoms with E-state index in [9.17, 15) is 4.79 Å². The summed E-state index contributed by atoms with van der Waals surface area (Å²) in [7, 11) is 0. The van der Waals surface area contributed by atoms with E-state index in [1.165, 1.54) is 3.57 Å². The molecular weight excluding hydrogens is 325 g/mol. The quantitative estimate of drug-likeness (QED) is 0.858. The van der Waals surface area contributed by atoms with Crippen LogP contribution in [0.15, 0.2) is 24.3 Å². The second-order valence-corrected chi connectivity index (χ2v) is 6.39. The van der Waals surface area contributed by atoms with Crippen molar-refractivity contribution in [3.05, 3.63) is 33.4 Å². The Morgan fingerprint density at radius 3 is 2.65 bits per heavy atom. The molecule has 1 saturated carbocycles. The summed E-state index contributed by atoms with van der Waals surface area (Å²) in [6.45, 7) is 2.03. The monoisotopic (exact) mass is 343 g/mol. The van der Waals surface area contributed by atoms with Gasteiger partial charge < -0.3 is 5.73 Å². The fourth-order valence-corrected chi connectivity index (χ4v) is 2.89. The zero-order chi connectivity index (χ0) is 12.5. The molecule has 2 N–H and O–H groups in total. The van der Waals surface area contributed by atoms with Crippen molar-refractivity contribution < 1.29 is 4.79 Å². The molecule has 2 unspecified atom stereocenters. The molecule has 0 aliphatic heterocycles. The number of ketones is 1. The molecule has 1 aliphatic carbocycles.